The Morgan fingerprint density at radius 3 is 2.67 bits per heavy atom. The molecule has 1 aliphatic rings. The summed E-state index contributed by atoms with van der Waals surface area (Å²) in [6.45, 7) is 2.30. The molecule has 0 bridgehead atoms. The summed E-state index contributed by atoms with van der Waals surface area (Å²) in [5.41, 5.74) is 1.03. The maximum atomic E-state index is 11.1. The predicted octanol–water partition coefficient (Wildman–Crippen LogP) is 3.16. The summed E-state index contributed by atoms with van der Waals surface area (Å²) in [6, 6.07) is 10.3. The van der Waals surface area contributed by atoms with Crippen molar-refractivity contribution in [3.63, 3.8) is 0 Å². The Labute approximate surface area is 108 Å². The lowest BCUT2D eigenvalue weighted by atomic mass is 9.98. The van der Waals surface area contributed by atoms with Gasteiger partial charge in [0.1, 0.15) is 6.54 Å². The number of hydrogen-bond acceptors (Lipinski definition) is 2. The molecule has 0 amide bonds. The van der Waals surface area contributed by atoms with Gasteiger partial charge in [-0.2, -0.15) is 0 Å². The van der Waals surface area contributed by atoms with Crippen LogP contribution in [-0.2, 0) is 4.79 Å². The Bertz CT molecular complexity index is 391. The van der Waals surface area contributed by atoms with Crippen molar-refractivity contribution in [3.8, 4) is 0 Å². The van der Waals surface area contributed by atoms with E-state index in [1.807, 2.05) is 30.3 Å². The molecule has 3 nitrogen and oxygen atoms in total. The minimum atomic E-state index is -0.749. The van der Waals surface area contributed by atoms with Gasteiger partial charge in [-0.15, -0.1) is 0 Å². The second kappa shape index (κ2) is 5.89. The zero-order valence-corrected chi connectivity index (χ0v) is 10.9. The summed E-state index contributed by atoms with van der Waals surface area (Å²) in [5.74, 6) is -0.120. The van der Waals surface area contributed by atoms with Crippen LogP contribution in [0.4, 0.5) is 5.69 Å². The minimum absolute atomic E-state index is 0.102. The van der Waals surface area contributed by atoms with Crippen molar-refractivity contribution in [2.75, 3.05) is 11.4 Å². The molecule has 1 fully saturated rings. The molecular formula is C15H21NO2. The fraction of sp³-hybridized carbons (Fsp3) is 0.533. The van der Waals surface area contributed by atoms with Crippen molar-refractivity contribution in [3.05, 3.63) is 30.3 Å². The molecule has 1 aliphatic carbocycles. The van der Waals surface area contributed by atoms with E-state index in [2.05, 4.69) is 11.8 Å². The number of carboxylic acids is 1. The van der Waals surface area contributed by atoms with Gasteiger partial charge >= 0.3 is 5.97 Å². The van der Waals surface area contributed by atoms with Crippen molar-refractivity contribution >= 4 is 11.7 Å². The van der Waals surface area contributed by atoms with Gasteiger partial charge in [-0.05, 0) is 30.9 Å². The van der Waals surface area contributed by atoms with Gasteiger partial charge in [0.15, 0.2) is 0 Å². The van der Waals surface area contributed by atoms with E-state index in [4.69, 9.17) is 5.11 Å². The summed E-state index contributed by atoms with van der Waals surface area (Å²) >= 11 is 0. The number of carboxylic acid groups (broad SMARTS) is 1. The predicted molar refractivity (Wildman–Crippen MR) is 72.8 cm³/mol. The number of aliphatic carboxylic acids is 1. The van der Waals surface area contributed by atoms with Crippen LogP contribution in [0.15, 0.2) is 30.3 Å². The number of para-hydroxylation sites is 1. The number of carbonyl (C=O) groups is 1. The normalized spacial score (nSPS) is 22.9. The van der Waals surface area contributed by atoms with Gasteiger partial charge < -0.3 is 10.0 Å². The number of hydrogen-bond donors (Lipinski definition) is 1. The van der Waals surface area contributed by atoms with E-state index >= 15 is 0 Å². The van der Waals surface area contributed by atoms with Crippen LogP contribution in [0.1, 0.15) is 32.6 Å². The lowest BCUT2D eigenvalue weighted by molar-refractivity contribution is -0.135. The Morgan fingerprint density at radius 2 is 2.06 bits per heavy atom. The first-order valence-electron chi connectivity index (χ1n) is 6.76. The van der Waals surface area contributed by atoms with Crippen LogP contribution in [0.2, 0.25) is 0 Å². The average Bonchev–Trinajstić information content (AvgIpc) is 2.85. The Morgan fingerprint density at radius 1 is 1.33 bits per heavy atom. The molecule has 3 heteroatoms. The molecule has 1 saturated carbocycles. The minimum Gasteiger partial charge on any atom is -0.480 e. The summed E-state index contributed by atoms with van der Waals surface area (Å²) in [4.78, 5) is 13.2. The Balaban J connectivity index is 2.22. The molecule has 0 aromatic heterocycles. The van der Waals surface area contributed by atoms with Crippen molar-refractivity contribution < 1.29 is 9.90 Å². The molecule has 18 heavy (non-hydrogen) atoms. The average molecular weight is 247 g/mol. The van der Waals surface area contributed by atoms with Crippen LogP contribution in [0.25, 0.3) is 0 Å². The monoisotopic (exact) mass is 247 g/mol. The van der Waals surface area contributed by atoms with Gasteiger partial charge in [0.05, 0.1) is 0 Å². The largest absolute Gasteiger partial charge is 0.480 e. The lowest BCUT2D eigenvalue weighted by Gasteiger charge is -2.33. The van der Waals surface area contributed by atoms with E-state index < -0.39 is 5.97 Å². The SMILES string of the molecule is CCC1CCCC1N(CC(=O)O)c1ccccc1. The number of nitrogens with zero attached hydrogens (tertiary/aromatic N) is 1. The van der Waals surface area contributed by atoms with Gasteiger partial charge in [-0.1, -0.05) is 38.0 Å². The van der Waals surface area contributed by atoms with Crippen LogP contribution in [0.5, 0.6) is 0 Å². The second-order valence-electron chi connectivity index (χ2n) is 5.02. The van der Waals surface area contributed by atoms with Crippen molar-refractivity contribution in [2.24, 2.45) is 5.92 Å². The summed E-state index contributed by atoms with van der Waals surface area (Å²) in [5, 5.41) is 9.12. The van der Waals surface area contributed by atoms with Crippen molar-refractivity contribution in [1.82, 2.24) is 0 Å². The highest BCUT2D eigenvalue weighted by molar-refractivity contribution is 5.74. The van der Waals surface area contributed by atoms with E-state index in [9.17, 15) is 4.79 Å². The first kappa shape index (κ1) is 12.9. The van der Waals surface area contributed by atoms with Gasteiger partial charge in [-0.25, -0.2) is 0 Å². The van der Waals surface area contributed by atoms with Gasteiger partial charge in [0, 0.05) is 11.7 Å². The summed E-state index contributed by atoms with van der Waals surface area (Å²) in [6.07, 6.45) is 4.69. The molecule has 1 aromatic rings. The van der Waals surface area contributed by atoms with E-state index in [-0.39, 0.29) is 6.54 Å². The molecule has 0 spiro atoms. The highest BCUT2D eigenvalue weighted by Crippen LogP contribution is 2.34. The second-order valence-corrected chi connectivity index (χ2v) is 5.02. The number of rotatable bonds is 5. The van der Waals surface area contributed by atoms with E-state index in [1.54, 1.807) is 0 Å². The third-order valence-electron chi connectivity index (χ3n) is 3.94. The molecular weight excluding hydrogens is 226 g/mol. The third-order valence-corrected chi connectivity index (χ3v) is 3.94. The zero-order chi connectivity index (χ0) is 13.0. The maximum Gasteiger partial charge on any atom is 0.323 e. The zero-order valence-electron chi connectivity index (χ0n) is 10.9. The van der Waals surface area contributed by atoms with E-state index in [0.717, 1.165) is 18.5 Å². The molecule has 98 valence electrons. The highest BCUT2D eigenvalue weighted by Gasteiger charge is 2.31. The fourth-order valence-corrected chi connectivity index (χ4v) is 3.07. The molecule has 0 saturated heterocycles. The van der Waals surface area contributed by atoms with Crippen LogP contribution in [-0.4, -0.2) is 23.7 Å². The quantitative estimate of drug-likeness (QED) is 0.869. The molecule has 2 rings (SSSR count). The van der Waals surface area contributed by atoms with Gasteiger partial charge in [0.25, 0.3) is 0 Å². The van der Waals surface area contributed by atoms with Crippen LogP contribution < -0.4 is 4.90 Å². The standard InChI is InChI=1S/C15H21NO2/c1-2-12-7-6-10-14(12)16(11-15(17)18)13-8-4-3-5-9-13/h3-5,8-9,12,14H,2,6-7,10-11H2,1H3,(H,17,18). The third kappa shape index (κ3) is 2.84. The molecule has 0 heterocycles. The molecule has 0 aliphatic heterocycles. The maximum absolute atomic E-state index is 11.1. The van der Waals surface area contributed by atoms with Gasteiger partial charge in [-0.3, -0.25) is 4.79 Å². The first-order valence-corrected chi connectivity index (χ1v) is 6.76. The molecule has 2 atom stereocenters. The first-order chi connectivity index (χ1) is 8.72. The fourth-order valence-electron chi connectivity index (χ4n) is 3.07. The Kier molecular flexibility index (Phi) is 4.24. The number of benzene rings is 1. The van der Waals surface area contributed by atoms with Crippen molar-refractivity contribution in [2.45, 2.75) is 38.6 Å². The van der Waals surface area contributed by atoms with Crippen molar-refractivity contribution in [1.29, 1.82) is 0 Å². The summed E-state index contributed by atoms with van der Waals surface area (Å²) in [7, 11) is 0. The van der Waals surface area contributed by atoms with Crippen LogP contribution >= 0.6 is 0 Å². The molecule has 2 unspecified atom stereocenters. The highest BCUT2D eigenvalue weighted by atomic mass is 16.4. The van der Waals surface area contributed by atoms with Gasteiger partial charge in [0.2, 0.25) is 0 Å². The van der Waals surface area contributed by atoms with Crippen LogP contribution in [0, 0.1) is 5.92 Å². The van der Waals surface area contributed by atoms with E-state index in [1.165, 1.54) is 12.8 Å². The molecule has 1 N–H and O–H groups in total. The Hall–Kier alpha value is -1.51. The smallest absolute Gasteiger partial charge is 0.323 e. The van der Waals surface area contributed by atoms with Crippen LogP contribution in [0.3, 0.4) is 0 Å². The molecule has 1 aromatic carbocycles. The molecule has 0 radical (unpaired) electrons. The topological polar surface area (TPSA) is 40.5 Å². The van der Waals surface area contributed by atoms with E-state index in [0.29, 0.717) is 12.0 Å². The number of anilines is 1. The summed E-state index contributed by atoms with van der Waals surface area (Å²) < 4.78 is 0. The lowest BCUT2D eigenvalue weighted by Crippen LogP contribution is -2.41.